The Morgan fingerprint density at radius 3 is 2.18 bits per heavy atom. The number of ketones is 1. The summed E-state index contributed by atoms with van der Waals surface area (Å²) in [7, 11) is 0. The molecule has 2 atom stereocenters. The van der Waals surface area contributed by atoms with Gasteiger partial charge in [0.1, 0.15) is 23.8 Å². The minimum atomic E-state index is -1.18. The minimum Gasteiger partial charge on any atom is -0.489 e. The van der Waals surface area contributed by atoms with Gasteiger partial charge in [-0.2, -0.15) is 0 Å². The minimum absolute atomic E-state index is 0.0338. The molecule has 0 bridgehead atoms. The number of benzene rings is 3. The number of likely N-dealkylation sites (tertiary alicyclic amines) is 1. The third kappa shape index (κ3) is 7.20. The van der Waals surface area contributed by atoms with Gasteiger partial charge in [-0.1, -0.05) is 72.4 Å². The maximum atomic E-state index is 14.0. The normalized spacial score (nSPS) is 16.1. The Hall–Kier alpha value is -3.78. The Bertz CT molecular complexity index is 1280. The number of carboxylic acid groups (broad SMARTS) is 1. The van der Waals surface area contributed by atoms with Gasteiger partial charge >= 0.3 is 6.09 Å². The van der Waals surface area contributed by atoms with Crippen LogP contribution in [-0.2, 0) is 22.6 Å². The van der Waals surface area contributed by atoms with Crippen molar-refractivity contribution in [1.29, 1.82) is 0 Å². The van der Waals surface area contributed by atoms with E-state index in [2.05, 4.69) is 0 Å². The van der Waals surface area contributed by atoms with Gasteiger partial charge in [0.05, 0.1) is 0 Å². The van der Waals surface area contributed by atoms with Gasteiger partial charge in [0.25, 0.3) is 0 Å². The van der Waals surface area contributed by atoms with Crippen LogP contribution >= 0.6 is 11.8 Å². The van der Waals surface area contributed by atoms with Crippen molar-refractivity contribution in [1.82, 2.24) is 9.80 Å². The molecule has 0 spiro atoms. The third-order valence-corrected chi connectivity index (χ3v) is 7.84. The summed E-state index contributed by atoms with van der Waals surface area (Å²) in [5.74, 6) is 0.283. The van der Waals surface area contributed by atoms with Gasteiger partial charge in [-0.25, -0.2) is 4.79 Å². The zero-order chi connectivity index (χ0) is 28.0. The van der Waals surface area contributed by atoms with Crippen LogP contribution in [0.2, 0.25) is 0 Å². The molecule has 4 rings (SSSR count). The molecule has 7 nitrogen and oxygen atoms in total. The molecule has 204 valence electrons. The molecule has 2 amide bonds. The highest BCUT2D eigenvalue weighted by atomic mass is 32.2. The lowest BCUT2D eigenvalue weighted by Crippen LogP contribution is -2.58. The molecule has 0 aromatic heterocycles. The van der Waals surface area contributed by atoms with Gasteiger partial charge in [0.15, 0.2) is 5.78 Å². The van der Waals surface area contributed by atoms with Gasteiger partial charge < -0.3 is 14.7 Å². The van der Waals surface area contributed by atoms with E-state index in [0.29, 0.717) is 12.4 Å². The number of nitrogens with zero attached hydrogens (tertiary/aromatic N) is 2. The Balaban J connectivity index is 1.56. The predicted molar refractivity (Wildman–Crippen MR) is 152 cm³/mol. The number of thioether (sulfide) groups is 1. The number of amides is 2. The highest BCUT2D eigenvalue weighted by molar-refractivity contribution is 8.00. The van der Waals surface area contributed by atoms with Crippen molar-refractivity contribution in [3.8, 4) is 5.75 Å². The van der Waals surface area contributed by atoms with Gasteiger partial charge in [-0.15, -0.1) is 0 Å². The van der Waals surface area contributed by atoms with Crippen LogP contribution in [0.1, 0.15) is 38.3 Å². The molecule has 1 aliphatic heterocycles. The SMILES string of the molecule is CC(C)(C)N(C(=O)O)[C@@H](Cc1ccc(OCc2ccccc2)cc1)C(=O)N1CCC(=O)[C@H]1Sc1ccccc1. The van der Waals surface area contributed by atoms with E-state index < -0.39 is 23.0 Å². The van der Waals surface area contributed by atoms with E-state index in [9.17, 15) is 19.5 Å². The lowest BCUT2D eigenvalue weighted by Gasteiger charge is -2.41. The number of ether oxygens (including phenoxy) is 1. The fourth-order valence-electron chi connectivity index (χ4n) is 4.68. The number of hydrogen-bond donors (Lipinski definition) is 1. The van der Waals surface area contributed by atoms with Crippen LogP contribution < -0.4 is 4.74 Å². The number of carbonyl (C=O) groups excluding carboxylic acids is 2. The van der Waals surface area contributed by atoms with E-state index >= 15 is 0 Å². The lowest BCUT2D eigenvalue weighted by molar-refractivity contribution is -0.138. The van der Waals surface area contributed by atoms with Crippen molar-refractivity contribution in [2.75, 3.05) is 6.54 Å². The van der Waals surface area contributed by atoms with Gasteiger partial charge in [-0.3, -0.25) is 14.5 Å². The predicted octanol–water partition coefficient (Wildman–Crippen LogP) is 5.88. The maximum Gasteiger partial charge on any atom is 0.408 e. The number of Topliss-reactive ketones (excluding diaryl/α,β-unsaturated/α-hetero) is 1. The average molecular weight is 547 g/mol. The number of rotatable bonds is 9. The first kappa shape index (κ1) is 28.2. The summed E-state index contributed by atoms with van der Waals surface area (Å²) in [4.78, 5) is 43.0. The van der Waals surface area contributed by atoms with Gasteiger partial charge in [0, 0.05) is 29.8 Å². The molecule has 1 N–H and O–H groups in total. The summed E-state index contributed by atoms with van der Waals surface area (Å²) in [6.45, 7) is 6.01. The van der Waals surface area contributed by atoms with Crippen molar-refractivity contribution in [3.05, 3.63) is 96.1 Å². The smallest absolute Gasteiger partial charge is 0.408 e. The number of hydrogen-bond acceptors (Lipinski definition) is 5. The van der Waals surface area contributed by atoms with Crippen LogP contribution in [0.4, 0.5) is 4.79 Å². The molecular formula is C31H34N2O5S. The van der Waals surface area contributed by atoms with Crippen molar-refractivity contribution in [3.63, 3.8) is 0 Å². The Kier molecular flexibility index (Phi) is 8.97. The quantitative estimate of drug-likeness (QED) is 0.361. The largest absolute Gasteiger partial charge is 0.489 e. The van der Waals surface area contributed by atoms with E-state index in [1.54, 1.807) is 25.7 Å². The van der Waals surface area contributed by atoms with E-state index in [0.717, 1.165) is 16.0 Å². The second-order valence-corrected chi connectivity index (χ2v) is 11.6. The third-order valence-electron chi connectivity index (χ3n) is 6.56. The molecule has 1 saturated heterocycles. The standard InChI is InChI=1S/C31H34N2O5S/c1-31(2,3)33(30(36)37)26(20-22-14-16-24(17-15-22)38-21-23-10-6-4-7-11-23)28(35)32-19-18-27(34)29(32)39-25-12-8-5-9-13-25/h4-17,26,29H,18-21H2,1-3H3,(H,36,37)/t26-,29+/m0/s1. The first-order valence-electron chi connectivity index (χ1n) is 13.0. The zero-order valence-corrected chi connectivity index (χ0v) is 23.3. The van der Waals surface area contributed by atoms with Gasteiger partial charge in [-0.05, 0) is 56.2 Å². The van der Waals surface area contributed by atoms with E-state index in [-0.39, 0.29) is 31.1 Å². The van der Waals surface area contributed by atoms with Crippen molar-refractivity contribution < 1.29 is 24.2 Å². The summed E-state index contributed by atoms with van der Waals surface area (Å²) < 4.78 is 5.88. The first-order valence-corrected chi connectivity index (χ1v) is 13.8. The molecule has 3 aromatic rings. The van der Waals surface area contributed by atoms with Crippen LogP contribution in [-0.4, -0.2) is 56.2 Å². The summed E-state index contributed by atoms with van der Waals surface area (Å²) in [6.07, 6.45) is -0.755. The molecule has 0 unspecified atom stereocenters. The van der Waals surface area contributed by atoms with Gasteiger partial charge in [0.2, 0.25) is 5.91 Å². The number of carbonyl (C=O) groups is 3. The van der Waals surface area contributed by atoms with Crippen LogP contribution in [0.15, 0.2) is 89.8 Å². The highest BCUT2D eigenvalue weighted by Crippen LogP contribution is 2.33. The summed E-state index contributed by atoms with van der Waals surface area (Å²) in [6, 6.07) is 25.7. The molecule has 1 fully saturated rings. The first-order chi connectivity index (χ1) is 18.6. The summed E-state index contributed by atoms with van der Waals surface area (Å²) >= 11 is 1.33. The monoisotopic (exact) mass is 546 g/mol. The molecule has 0 aliphatic carbocycles. The fourth-order valence-corrected chi connectivity index (χ4v) is 5.84. The Morgan fingerprint density at radius 1 is 0.974 bits per heavy atom. The average Bonchev–Trinajstić information content (AvgIpc) is 3.27. The Morgan fingerprint density at radius 2 is 1.59 bits per heavy atom. The van der Waals surface area contributed by atoms with Crippen LogP contribution in [0.25, 0.3) is 0 Å². The second-order valence-electron chi connectivity index (χ2n) is 10.5. The molecule has 1 aliphatic rings. The summed E-state index contributed by atoms with van der Waals surface area (Å²) in [5, 5.41) is 9.50. The molecule has 1 heterocycles. The van der Waals surface area contributed by atoms with Crippen molar-refractivity contribution >= 4 is 29.5 Å². The molecule has 0 radical (unpaired) electrons. The van der Waals surface area contributed by atoms with E-state index in [4.69, 9.17) is 4.74 Å². The van der Waals surface area contributed by atoms with Crippen LogP contribution in [0.3, 0.4) is 0 Å². The molecule has 39 heavy (non-hydrogen) atoms. The van der Waals surface area contributed by atoms with Crippen LogP contribution in [0, 0.1) is 0 Å². The molecule has 0 saturated carbocycles. The summed E-state index contributed by atoms with van der Waals surface area (Å²) in [5.41, 5.74) is 1.02. The molecule has 3 aromatic carbocycles. The highest BCUT2D eigenvalue weighted by Gasteiger charge is 2.44. The maximum absolute atomic E-state index is 14.0. The van der Waals surface area contributed by atoms with Crippen molar-refractivity contribution in [2.24, 2.45) is 0 Å². The van der Waals surface area contributed by atoms with Crippen LogP contribution in [0.5, 0.6) is 5.75 Å². The second kappa shape index (κ2) is 12.4. The van der Waals surface area contributed by atoms with E-state index in [1.165, 1.54) is 16.7 Å². The zero-order valence-electron chi connectivity index (χ0n) is 22.4. The van der Waals surface area contributed by atoms with Crippen molar-refractivity contribution in [2.45, 2.75) is 62.1 Å². The molecular weight excluding hydrogens is 512 g/mol. The lowest BCUT2D eigenvalue weighted by atomic mass is 9.97. The Labute approximate surface area is 233 Å². The topological polar surface area (TPSA) is 87.2 Å². The molecule has 8 heteroatoms. The fraction of sp³-hybridized carbons (Fsp3) is 0.323. The van der Waals surface area contributed by atoms with E-state index in [1.807, 2.05) is 84.9 Å².